The zero-order valence-corrected chi connectivity index (χ0v) is 11.4. The Morgan fingerprint density at radius 1 is 1.30 bits per heavy atom. The van der Waals surface area contributed by atoms with Gasteiger partial charge in [0.05, 0.1) is 11.6 Å². The van der Waals surface area contributed by atoms with Gasteiger partial charge in [-0.2, -0.15) is 0 Å². The second-order valence-corrected chi connectivity index (χ2v) is 5.96. The number of hydrogen-bond donors (Lipinski definition) is 3. The highest BCUT2D eigenvalue weighted by molar-refractivity contribution is 7.92. The fraction of sp³-hybridized carbons (Fsp3) is 0.0909. The lowest BCUT2D eigenvalue weighted by molar-refractivity contribution is 0.277. The van der Waals surface area contributed by atoms with Gasteiger partial charge < -0.3 is 10.1 Å². The molecule has 0 saturated carbocycles. The van der Waals surface area contributed by atoms with E-state index in [0.717, 1.165) is 12.3 Å². The van der Waals surface area contributed by atoms with E-state index in [4.69, 9.17) is 16.7 Å². The van der Waals surface area contributed by atoms with Crippen LogP contribution in [0.15, 0.2) is 29.3 Å². The molecule has 0 aliphatic heterocycles. The van der Waals surface area contributed by atoms with E-state index in [1.54, 1.807) is 0 Å². The molecule has 0 aliphatic carbocycles. The summed E-state index contributed by atoms with van der Waals surface area (Å²) in [5, 5.41) is 8.46. The Balaban J connectivity index is 2.38. The summed E-state index contributed by atoms with van der Waals surface area (Å²) in [5.41, 5.74) is -0.268. The van der Waals surface area contributed by atoms with Crippen molar-refractivity contribution in [3.63, 3.8) is 0 Å². The summed E-state index contributed by atoms with van der Waals surface area (Å²) in [4.78, 5) is 2.32. The van der Waals surface area contributed by atoms with E-state index >= 15 is 0 Å². The van der Waals surface area contributed by atoms with Crippen molar-refractivity contribution in [2.24, 2.45) is 0 Å². The highest BCUT2D eigenvalue weighted by atomic mass is 35.5. The van der Waals surface area contributed by atoms with Crippen molar-refractivity contribution in [3.8, 4) is 0 Å². The van der Waals surface area contributed by atoms with E-state index in [-0.39, 0.29) is 17.2 Å². The van der Waals surface area contributed by atoms with Crippen LogP contribution in [0.4, 0.5) is 14.5 Å². The largest absolute Gasteiger partial charge is 0.390 e. The maximum atomic E-state index is 13.5. The van der Waals surface area contributed by atoms with Gasteiger partial charge in [0, 0.05) is 18.0 Å². The van der Waals surface area contributed by atoms with E-state index < -0.39 is 32.4 Å². The zero-order valence-electron chi connectivity index (χ0n) is 9.82. The van der Waals surface area contributed by atoms with Gasteiger partial charge in [0.25, 0.3) is 10.0 Å². The van der Waals surface area contributed by atoms with E-state index in [9.17, 15) is 17.2 Å². The molecule has 20 heavy (non-hydrogen) atoms. The predicted octanol–water partition coefficient (Wildman–Crippen LogP) is 2.24. The smallest absolute Gasteiger partial charge is 0.263 e. The average Bonchev–Trinajstić information content (AvgIpc) is 2.83. The maximum Gasteiger partial charge on any atom is 0.263 e. The van der Waals surface area contributed by atoms with Crippen molar-refractivity contribution >= 4 is 27.3 Å². The fourth-order valence-electron chi connectivity index (χ4n) is 1.50. The van der Waals surface area contributed by atoms with Crippen LogP contribution in [0.2, 0.25) is 5.02 Å². The van der Waals surface area contributed by atoms with Crippen LogP contribution < -0.4 is 4.72 Å². The molecule has 3 N–H and O–H groups in total. The lowest BCUT2D eigenvalue weighted by atomic mass is 10.3. The summed E-state index contributed by atoms with van der Waals surface area (Å²) in [6, 6.07) is 2.48. The summed E-state index contributed by atoms with van der Waals surface area (Å²) in [5.74, 6) is -2.05. The number of aromatic amines is 1. The Morgan fingerprint density at radius 3 is 2.55 bits per heavy atom. The van der Waals surface area contributed by atoms with Crippen LogP contribution in [0, 0.1) is 11.6 Å². The Labute approximate surface area is 118 Å². The predicted molar refractivity (Wildman–Crippen MR) is 68.9 cm³/mol. The Kier molecular flexibility index (Phi) is 3.98. The van der Waals surface area contributed by atoms with Crippen LogP contribution in [0.5, 0.6) is 0 Å². The number of H-pyrrole nitrogens is 1. The van der Waals surface area contributed by atoms with Crippen molar-refractivity contribution in [2.75, 3.05) is 4.72 Å². The lowest BCUT2D eigenvalue weighted by Crippen LogP contribution is -2.14. The third kappa shape index (κ3) is 2.92. The van der Waals surface area contributed by atoms with Crippen LogP contribution in [0.25, 0.3) is 0 Å². The lowest BCUT2D eigenvalue weighted by Gasteiger charge is -2.09. The van der Waals surface area contributed by atoms with E-state index in [1.165, 1.54) is 6.07 Å². The third-order valence-electron chi connectivity index (χ3n) is 2.44. The van der Waals surface area contributed by atoms with Crippen molar-refractivity contribution in [3.05, 3.63) is 46.7 Å². The van der Waals surface area contributed by atoms with Gasteiger partial charge in [0.15, 0.2) is 5.82 Å². The Morgan fingerprint density at radius 2 is 2.00 bits per heavy atom. The van der Waals surface area contributed by atoms with E-state index in [1.807, 2.05) is 4.72 Å². The quantitative estimate of drug-likeness (QED) is 0.807. The van der Waals surface area contributed by atoms with Crippen molar-refractivity contribution in [1.29, 1.82) is 0 Å². The molecular weight excluding hydrogens is 314 g/mol. The minimum absolute atomic E-state index is 0.207. The van der Waals surface area contributed by atoms with Gasteiger partial charge in [-0.15, -0.1) is 0 Å². The summed E-state index contributed by atoms with van der Waals surface area (Å²) in [6.45, 7) is -0.374. The summed E-state index contributed by atoms with van der Waals surface area (Å²) in [7, 11) is -4.10. The first-order valence-corrected chi connectivity index (χ1v) is 7.15. The van der Waals surface area contributed by atoms with Gasteiger partial charge in [-0.25, -0.2) is 17.2 Å². The molecule has 0 atom stereocenters. The van der Waals surface area contributed by atoms with Crippen LogP contribution in [0.1, 0.15) is 5.69 Å². The van der Waals surface area contributed by atoms with Crippen molar-refractivity contribution in [2.45, 2.75) is 11.5 Å². The highest BCUT2D eigenvalue weighted by Gasteiger charge is 2.20. The number of anilines is 1. The summed E-state index contributed by atoms with van der Waals surface area (Å²) >= 11 is 5.61. The normalized spacial score (nSPS) is 11.6. The van der Waals surface area contributed by atoms with Gasteiger partial charge in [-0.3, -0.25) is 4.72 Å². The zero-order chi connectivity index (χ0) is 14.9. The van der Waals surface area contributed by atoms with Crippen LogP contribution in [-0.2, 0) is 16.6 Å². The molecule has 0 saturated heterocycles. The number of sulfonamides is 1. The molecule has 0 aliphatic rings. The molecule has 9 heteroatoms. The molecule has 1 aromatic heterocycles. The van der Waals surface area contributed by atoms with Gasteiger partial charge >= 0.3 is 0 Å². The average molecular weight is 323 g/mol. The first-order valence-electron chi connectivity index (χ1n) is 5.29. The molecule has 5 nitrogen and oxygen atoms in total. The number of nitrogens with one attached hydrogen (secondary N) is 2. The number of aliphatic hydroxyl groups is 1. The highest BCUT2D eigenvalue weighted by Crippen LogP contribution is 2.28. The Bertz CT molecular complexity index is 723. The summed E-state index contributed by atoms with van der Waals surface area (Å²) < 4.78 is 52.3. The van der Waals surface area contributed by atoms with Crippen LogP contribution in [0.3, 0.4) is 0 Å². The second-order valence-electron chi connectivity index (χ2n) is 3.87. The minimum Gasteiger partial charge on any atom is -0.390 e. The molecule has 108 valence electrons. The first-order chi connectivity index (χ1) is 9.33. The maximum absolute atomic E-state index is 13.5. The fourth-order valence-corrected chi connectivity index (χ4v) is 2.90. The first kappa shape index (κ1) is 14.8. The van der Waals surface area contributed by atoms with Crippen molar-refractivity contribution < 1.29 is 22.3 Å². The molecule has 0 fully saturated rings. The number of benzene rings is 1. The van der Waals surface area contributed by atoms with Crippen LogP contribution >= 0.6 is 11.6 Å². The molecule has 1 heterocycles. The molecule has 0 bridgehead atoms. The number of aliphatic hydroxyl groups excluding tert-OH is 1. The number of rotatable bonds is 4. The van der Waals surface area contributed by atoms with Crippen molar-refractivity contribution in [1.82, 2.24) is 4.98 Å². The van der Waals surface area contributed by atoms with E-state index in [2.05, 4.69) is 4.98 Å². The SMILES string of the molecule is O=S(=O)(Nc1c(F)cc(F)cc1Cl)c1c[nH]c(CO)c1. The molecule has 1 aromatic carbocycles. The van der Waals surface area contributed by atoms with Gasteiger partial charge in [0.2, 0.25) is 0 Å². The number of hydrogen-bond acceptors (Lipinski definition) is 3. The standard InChI is InChI=1S/C11H9ClF2N2O3S/c12-9-1-6(13)2-10(14)11(9)16-20(18,19)8-3-7(5-17)15-4-8/h1-4,15-17H,5H2. The van der Waals surface area contributed by atoms with E-state index in [0.29, 0.717) is 6.07 Å². The number of aromatic nitrogens is 1. The molecule has 0 amide bonds. The second kappa shape index (κ2) is 5.39. The topological polar surface area (TPSA) is 82.2 Å². The molecule has 2 rings (SSSR count). The van der Waals surface area contributed by atoms with Gasteiger partial charge in [-0.1, -0.05) is 11.6 Å². The van der Waals surface area contributed by atoms with Crippen LogP contribution in [-0.4, -0.2) is 18.5 Å². The minimum atomic E-state index is -4.10. The Hall–Kier alpha value is -1.64. The van der Waals surface area contributed by atoms with Gasteiger partial charge in [0.1, 0.15) is 16.4 Å². The third-order valence-corrected chi connectivity index (χ3v) is 4.07. The van der Waals surface area contributed by atoms with Gasteiger partial charge in [-0.05, 0) is 12.1 Å². The number of halogens is 3. The summed E-state index contributed by atoms with van der Waals surface area (Å²) in [6.07, 6.45) is 1.13. The molecule has 0 spiro atoms. The molecule has 0 radical (unpaired) electrons. The molecule has 2 aromatic rings. The molecular formula is C11H9ClF2N2O3S. The monoisotopic (exact) mass is 322 g/mol. The molecule has 0 unspecified atom stereocenters.